The van der Waals surface area contributed by atoms with E-state index in [1.54, 1.807) is 0 Å². The third-order valence-corrected chi connectivity index (χ3v) is 8.61. The van der Waals surface area contributed by atoms with E-state index in [2.05, 4.69) is 28.1 Å². The van der Waals surface area contributed by atoms with E-state index in [0.29, 0.717) is 64.8 Å². The van der Waals surface area contributed by atoms with Crippen LogP contribution in [-0.2, 0) is 30.3 Å². The molecule has 2 saturated heterocycles. The summed E-state index contributed by atoms with van der Waals surface area (Å²) in [6.45, 7) is 7.30. The fourth-order valence-corrected chi connectivity index (χ4v) is 6.11. The summed E-state index contributed by atoms with van der Waals surface area (Å²) in [7, 11) is 0. The third kappa shape index (κ3) is 7.30. The van der Waals surface area contributed by atoms with Crippen molar-refractivity contribution in [2.75, 3.05) is 26.3 Å². The molecular weight excluding hydrogens is 508 g/mol. The second-order valence-corrected chi connectivity index (χ2v) is 11.9. The molecule has 3 aliphatic heterocycles. The highest BCUT2D eigenvalue weighted by Gasteiger charge is 2.42. The van der Waals surface area contributed by atoms with Crippen molar-refractivity contribution in [3.63, 3.8) is 0 Å². The lowest BCUT2D eigenvalue weighted by atomic mass is 9.75. The predicted octanol–water partition coefficient (Wildman–Crippen LogP) is 2.35. The molecule has 1 aromatic carbocycles. The summed E-state index contributed by atoms with van der Waals surface area (Å²) in [6.07, 6.45) is 7.67. The summed E-state index contributed by atoms with van der Waals surface area (Å²) in [6, 6.07) is 8.32. The van der Waals surface area contributed by atoms with E-state index in [1.165, 1.54) is 6.92 Å². The van der Waals surface area contributed by atoms with Gasteiger partial charge in [0, 0.05) is 51.6 Å². The lowest BCUT2D eigenvalue weighted by molar-refractivity contribution is -0.141. The van der Waals surface area contributed by atoms with Crippen molar-refractivity contribution in [2.24, 2.45) is 17.3 Å². The van der Waals surface area contributed by atoms with Gasteiger partial charge in [-0.2, -0.15) is 0 Å². The van der Waals surface area contributed by atoms with Gasteiger partial charge < -0.3 is 25.6 Å². The molecule has 9 nitrogen and oxygen atoms in total. The number of amides is 4. The molecule has 3 heterocycles. The Bertz CT molecular complexity index is 1080. The maximum Gasteiger partial charge on any atom is 0.245 e. The van der Waals surface area contributed by atoms with Gasteiger partial charge in [-0.3, -0.25) is 19.2 Å². The van der Waals surface area contributed by atoms with Gasteiger partial charge in [-0.1, -0.05) is 56.3 Å². The second-order valence-electron chi connectivity index (χ2n) is 11.9. The summed E-state index contributed by atoms with van der Waals surface area (Å²) in [4.78, 5) is 54.5. The van der Waals surface area contributed by atoms with Crippen molar-refractivity contribution in [3.05, 3.63) is 48.0 Å². The summed E-state index contributed by atoms with van der Waals surface area (Å²) in [5.41, 5.74) is 0.366. The van der Waals surface area contributed by atoms with Gasteiger partial charge in [0.05, 0.1) is 5.41 Å². The number of allylic oxidation sites excluding steroid dienone is 2. The van der Waals surface area contributed by atoms with E-state index in [1.807, 2.05) is 49.1 Å². The molecule has 1 aromatic rings. The molecule has 4 rings (SSSR count). The van der Waals surface area contributed by atoms with Crippen molar-refractivity contribution in [3.8, 4) is 0 Å². The number of hydrogen-bond acceptors (Lipinski definition) is 5. The molecule has 0 aromatic heterocycles. The van der Waals surface area contributed by atoms with E-state index < -0.39 is 17.5 Å². The molecule has 4 atom stereocenters. The molecule has 0 unspecified atom stereocenters. The largest absolute Gasteiger partial charge is 0.381 e. The Kier molecular flexibility index (Phi) is 10.0. The zero-order chi connectivity index (χ0) is 28.7. The van der Waals surface area contributed by atoms with Gasteiger partial charge in [0.25, 0.3) is 0 Å². The Morgan fingerprint density at radius 1 is 1.10 bits per heavy atom. The lowest BCUT2D eigenvalue weighted by Gasteiger charge is -2.41. The number of benzene rings is 1. The Morgan fingerprint density at radius 2 is 1.82 bits per heavy atom. The smallest absolute Gasteiger partial charge is 0.245 e. The predicted molar refractivity (Wildman–Crippen MR) is 152 cm³/mol. The number of rotatable bonds is 5. The molecule has 40 heavy (non-hydrogen) atoms. The number of hydrogen-bond donors (Lipinski definition) is 3. The summed E-state index contributed by atoms with van der Waals surface area (Å²) >= 11 is 0. The molecule has 4 amide bonds. The lowest BCUT2D eigenvalue weighted by Crippen LogP contribution is -2.60. The number of carbonyl (C=O) groups excluding carboxylic acids is 4. The number of carbonyl (C=O) groups is 4. The van der Waals surface area contributed by atoms with Crippen LogP contribution in [-0.4, -0.2) is 73.0 Å². The van der Waals surface area contributed by atoms with Crippen LogP contribution >= 0.6 is 0 Å². The van der Waals surface area contributed by atoms with Gasteiger partial charge in [-0.25, -0.2) is 0 Å². The molecule has 218 valence electrons. The van der Waals surface area contributed by atoms with Crippen LogP contribution in [0.15, 0.2) is 42.5 Å². The number of nitrogens with zero attached hydrogens (tertiary/aromatic N) is 1. The molecular formula is C31H44N4O5. The fraction of sp³-hybridized carbons (Fsp3) is 0.613. The van der Waals surface area contributed by atoms with Crippen LogP contribution in [0.3, 0.4) is 0 Å². The maximum absolute atomic E-state index is 13.7. The Balaban J connectivity index is 1.58. The first kappa shape index (κ1) is 29.8. The van der Waals surface area contributed by atoms with Gasteiger partial charge in [-0.15, -0.1) is 0 Å². The second kappa shape index (κ2) is 13.4. The minimum absolute atomic E-state index is 0.0150. The van der Waals surface area contributed by atoms with E-state index in [4.69, 9.17) is 4.74 Å². The first-order chi connectivity index (χ1) is 19.2. The zero-order valence-corrected chi connectivity index (χ0v) is 24.0. The van der Waals surface area contributed by atoms with Crippen molar-refractivity contribution in [1.82, 2.24) is 20.9 Å². The molecule has 2 fully saturated rings. The average Bonchev–Trinajstić information content (AvgIpc) is 2.94. The molecule has 1 spiro atoms. The van der Waals surface area contributed by atoms with Crippen molar-refractivity contribution in [2.45, 2.75) is 77.4 Å². The van der Waals surface area contributed by atoms with E-state index in [0.717, 1.165) is 5.56 Å². The minimum atomic E-state index is -0.705. The van der Waals surface area contributed by atoms with Crippen LogP contribution in [0.25, 0.3) is 0 Å². The fourth-order valence-electron chi connectivity index (χ4n) is 6.11. The maximum atomic E-state index is 13.7. The first-order valence-corrected chi connectivity index (χ1v) is 14.6. The molecule has 3 N–H and O–H groups in total. The SMILES string of the molecule is CC(=O)N[C@H](C(=O)N1CC[C@H]2NC(=O)[C@H](Cc3ccccc3)NC(=O)C3(CC=CC[C@@H]2C1)CCOCC3)C(C)C. The van der Waals surface area contributed by atoms with Crippen LogP contribution in [0.5, 0.6) is 0 Å². The van der Waals surface area contributed by atoms with E-state index in [9.17, 15) is 19.2 Å². The van der Waals surface area contributed by atoms with Crippen molar-refractivity contribution < 1.29 is 23.9 Å². The number of piperidine rings is 1. The quantitative estimate of drug-likeness (QED) is 0.485. The minimum Gasteiger partial charge on any atom is -0.381 e. The zero-order valence-electron chi connectivity index (χ0n) is 24.0. The van der Waals surface area contributed by atoms with Gasteiger partial charge in [0.2, 0.25) is 23.6 Å². The van der Waals surface area contributed by atoms with E-state index in [-0.39, 0.29) is 41.5 Å². The van der Waals surface area contributed by atoms with Crippen LogP contribution in [0, 0.1) is 17.3 Å². The monoisotopic (exact) mass is 552 g/mol. The van der Waals surface area contributed by atoms with Crippen LogP contribution in [0.2, 0.25) is 0 Å². The van der Waals surface area contributed by atoms with Gasteiger partial charge in [0.15, 0.2) is 0 Å². The standard InChI is InChI=1S/C31H44N4O5/c1-21(2)27(32-22(3)36)29(38)35-16-12-25-24(20-35)11-7-8-13-31(14-17-40-18-15-31)30(39)34-26(28(37)33-25)19-23-9-5-4-6-10-23/h4-10,21,24-27H,11-20H2,1-3H3,(H,32,36)(H,33,37)(H,34,39)/t24-,25-,26+,27+/m1/s1. The van der Waals surface area contributed by atoms with Crippen molar-refractivity contribution >= 4 is 23.6 Å². The van der Waals surface area contributed by atoms with E-state index >= 15 is 0 Å². The summed E-state index contributed by atoms with van der Waals surface area (Å²) in [5, 5.41) is 9.17. The molecule has 9 heteroatoms. The van der Waals surface area contributed by atoms with Crippen LogP contribution in [0.1, 0.15) is 58.4 Å². The summed E-state index contributed by atoms with van der Waals surface area (Å²) in [5.74, 6) is -0.620. The summed E-state index contributed by atoms with van der Waals surface area (Å²) < 4.78 is 5.58. The highest BCUT2D eigenvalue weighted by Crippen LogP contribution is 2.36. The number of likely N-dealkylation sites (tertiary alicyclic amines) is 1. The molecule has 0 saturated carbocycles. The normalized spacial score (nSPS) is 26.1. The average molecular weight is 553 g/mol. The third-order valence-electron chi connectivity index (χ3n) is 8.61. The Labute approximate surface area is 237 Å². The Hall–Kier alpha value is -3.20. The van der Waals surface area contributed by atoms with Crippen molar-refractivity contribution in [1.29, 1.82) is 0 Å². The molecule has 3 aliphatic rings. The number of nitrogens with one attached hydrogen (secondary N) is 3. The number of ether oxygens (including phenoxy) is 1. The molecule has 0 aliphatic carbocycles. The molecule has 0 bridgehead atoms. The topological polar surface area (TPSA) is 117 Å². The van der Waals surface area contributed by atoms with Crippen LogP contribution < -0.4 is 16.0 Å². The highest BCUT2D eigenvalue weighted by atomic mass is 16.5. The van der Waals surface area contributed by atoms with Gasteiger partial charge in [-0.05, 0) is 43.6 Å². The molecule has 0 radical (unpaired) electrons. The highest BCUT2D eigenvalue weighted by molar-refractivity contribution is 5.91. The first-order valence-electron chi connectivity index (χ1n) is 14.6. The van der Waals surface area contributed by atoms with Gasteiger partial charge in [0.1, 0.15) is 12.1 Å². The van der Waals surface area contributed by atoms with Gasteiger partial charge >= 0.3 is 0 Å². The Morgan fingerprint density at radius 3 is 2.50 bits per heavy atom. The van der Waals surface area contributed by atoms with Crippen LogP contribution in [0.4, 0.5) is 0 Å². The number of fused-ring (bicyclic) bond motifs is 1.